The number of primary amides is 1. The van der Waals surface area contributed by atoms with Gasteiger partial charge in [-0.15, -0.1) is 11.3 Å². The third-order valence-corrected chi connectivity index (χ3v) is 12.4. The Kier molecular flexibility index (Phi) is 15.6. The fraction of sp³-hybridized carbons (Fsp3) is 0.581. The molecule has 0 saturated carbocycles. The molecule has 2 aliphatic heterocycles. The molecule has 0 spiro atoms. The molecule has 2 saturated heterocycles. The summed E-state index contributed by atoms with van der Waals surface area (Å²) < 4.78 is 5.94. The van der Waals surface area contributed by atoms with Crippen molar-refractivity contribution >= 4 is 34.7 Å². The van der Waals surface area contributed by atoms with Gasteiger partial charge in [0.25, 0.3) is 0 Å². The van der Waals surface area contributed by atoms with E-state index in [-0.39, 0.29) is 49.3 Å². The minimum absolute atomic E-state index is 0.0935. The number of amides is 3. The van der Waals surface area contributed by atoms with Crippen molar-refractivity contribution in [1.29, 1.82) is 0 Å². The first-order valence-corrected chi connectivity index (χ1v) is 21.1. The standard InChI is InChI=1S/C43H63N7O6S/c1-27-39(57-26-47-27)32-11-6-30(7-12-32)23-46-41(54)36-22-34(51)24-50(36)42(55)40(43(3,4)5)48-38(53)17-10-29-18-20-49(21-19-29)33-13-8-31(9-14-33)25-56-28(2)35(44)15-16-37(45)52/h6-9,11-14,26,28-29,34-36,40-41,46,51,54H,10,15-25,44H2,1-5H3,(H2,45,52)(H,48,53)/t28-,34-,35+,36+,40-,41?/m1/s1. The maximum atomic E-state index is 14.1. The number of rotatable bonds is 18. The van der Waals surface area contributed by atoms with Crippen LogP contribution in [0, 0.1) is 18.3 Å². The van der Waals surface area contributed by atoms with Crippen molar-refractivity contribution < 1.29 is 29.3 Å². The molecule has 57 heavy (non-hydrogen) atoms. The first kappa shape index (κ1) is 44.2. The molecule has 0 bridgehead atoms. The van der Waals surface area contributed by atoms with Crippen molar-refractivity contribution in [3.63, 3.8) is 0 Å². The van der Waals surface area contributed by atoms with Gasteiger partial charge in [0.2, 0.25) is 17.7 Å². The zero-order valence-electron chi connectivity index (χ0n) is 34.2. The predicted octanol–water partition coefficient (Wildman–Crippen LogP) is 4.21. The number of hydrogen-bond acceptors (Lipinski definition) is 11. The fourth-order valence-electron chi connectivity index (χ4n) is 7.67. The van der Waals surface area contributed by atoms with Crippen LogP contribution in [0.15, 0.2) is 54.0 Å². The molecule has 0 radical (unpaired) electrons. The normalized spacial score (nSPS) is 19.9. The van der Waals surface area contributed by atoms with Gasteiger partial charge in [0.15, 0.2) is 0 Å². The number of hydrogen-bond donors (Lipinski definition) is 6. The molecule has 2 aromatic carbocycles. The molecule has 14 heteroatoms. The van der Waals surface area contributed by atoms with Gasteiger partial charge in [0.05, 0.1) is 40.9 Å². The Morgan fingerprint density at radius 3 is 2.32 bits per heavy atom. The third-order valence-electron chi connectivity index (χ3n) is 11.4. The number of carbonyl (C=O) groups excluding carboxylic acids is 3. The summed E-state index contributed by atoms with van der Waals surface area (Å²) in [5, 5.41) is 28.1. The molecule has 2 aliphatic rings. The van der Waals surface area contributed by atoms with Crippen molar-refractivity contribution in [2.45, 2.75) is 129 Å². The Labute approximate surface area is 341 Å². The molecular formula is C43H63N7O6S. The minimum Gasteiger partial charge on any atom is -0.391 e. The Morgan fingerprint density at radius 1 is 1.04 bits per heavy atom. The second-order valence-electron chi connectivity index (χ2n) is 16.9. The van der Waals surface area contributed by atoms with E-state index in [1.165, 1.54) is 4.90 Å². The van der Waals surface area contributed by atoms with E-state index in [2.05, 4.69) is 44.8 Å². The van der Waals surface area contributed by atoms with Gasteiger partial charge in [-0.3, -0.25) is 19.7 Å². The molecule has 8 N–H and O–H groups in total. The number of nitrogens with one attached hydrogen (secondary N) is 2. The summed E-state index contributed by atoms with van der Waals surface area (Å²) in [6.07, 6.45) is 1.93. The number of carbonyl (C=O) groups is 3. The molecule has 13 nitrogen and oxygen atoms in total. The summed E-state index contributed by atoms with van der Waals surface area (Å²) in [5.74, 6) is -0.430. The largest absolute Gasteiger partial charge is 0.391 e. The number of aryl methyl sites for hydroxylation is 1. The molecule has 0 aliphatic carbocycles. The number of aliphatic hydroxyl groups is 2. The summed E-state index contributed by atoms with van der Waals surface area (Å²) in [5.41, 5.74) is 17.9. The van der Waals surface area contributed by atoms with Crippen LogP contribution in [0.2, 0.25) is 0 Å². The molecule has 2 fully saturated rings. The van der Waals surface area contributed by atoms with E-state index in [0.717, 1.165) is 65.3 Å². The lowest BCUT2D eigenvalue weighted by Gasteiger charge is -2.37. The van der Waals surface area contributed by atoms with Gasteiger partial charge >= 0.3 is 0 Å². The Bertz CT molecular complexity index is 1760. The zero-order chi connectivity index (χ0) is 41.3. The van der Waals surface area contributed by atoms with E-state index in [9.17, 15) is 24.6 Å². The highest BCUT2D eigenvalue weighted by molar-refractivity contribution is 7.13. The van der Waals surface area contributed by atoms with Crippen LogP contribution < -0.4 is 27.0 Å². The van der Waals surface area contributed by atoms with Gasteiger partial charge in [0, 0.05) is 50.7 Å². The number of aliphatic hydroxyl groups excluding tert-OH is 2. The van der Waals surface area contributed by atoms with Gasteiger partial charge in [-0.2, -0.15) is 0 Å². The smallest absolute Gasteiger partial charge is 0.246 e. The molecule has 1 aromatic heterocycles. The van der Waals surface area contributed by atoms with E-state index < -0.39 is 29.8 Å². The monoisotopic (exact) mass is 805 g/mol. The van der Waals surface area contributed by atoms with Crippen LogP contribution in [0.25, 0.3) is 10.4 Å². The maximum absolute atomic E-state index is 14.1. The highest BCUT2D eigenvalue weighted by Crippen LogP contribution is 2.30. The number of β-amino-alcohol motifs (C(OH)–C–C–N with tert-alkyl or cyclic N) is 1. The molecule has 6 atom stereocenters. The molecule has 312 valence electrons. The lowest BCUT2D eigenvalue weighted by molar-refractivity contribution is -0.142. The average Bonchev–Trinajstić information content (AvgIpc) is 3.81. The summed E-state index contributed by atoms with van der Waals surface area (Å²) in [4.78, 5) is 47.9. The van der Waals surface area contributed by atoms with Gasteiger partial charge in [-0.05, 0) is 86.1 Å². The quantitative estimate of drug-likeness (QED) is 0.101. The molecule has 1 unspecified atom stereocenters. The molecule has 5 rings (SSSR count). The maximum Gasteiger partial charge on any atom is 0.246 e. The van der Waals surface area contributed by atoms with Crippen molar-refractivity contribution in [3.05, 3.63) is 70.9 Å². The topological polar surface area (TPSA) is 196 Å². The van der Waals surface area contributed by atoms with Gasteiger partial charge in [0.1, 0.15) is 12.3 Å². The van der Waals surface area contributed by atoms with Gasteiger partial charge in [-0.25, -0.2) is 4.98 Å². The number of aromatic nitrogens is 1. The number of benzene rings is 2. The van der Waals surface area contributed by atoms with E-state index in [4.69, 9.17) is 16.2 Å². The van der Waals surface area contributed by atoms with Gasteiger partial charge in [-0.1, -0.05) is 57.2 Å². The molecule has 3 heterocycles. The summed E-state index contributed by atoms with van der Waals surface area (Å²) in [6, 6.07) is 14.7. The number of nitrogens with two attached hydrogens (primary N) is 2. The molecular weight excluding hydrogens is 743 g/mol. The average molecular weight is 806 g/mol. The number of piperidine rings is 1. The van der Waals surface area contributed by atoms with Crippen LogP contribution in [-0.2, 0) is 32.3 Å². The number of thiazole rings is 1. The minimum atomic E-state index is -1.07. The number of likely N-dealkylation sites (tertiary alicyclic amines) is 1. The van der Waals surface area contributed by atoms with Crippen LogP contribution in [0.5, 0.6) is 0 Å². The first-order chi connectivity index (χ1) is 27.1. The zero-order valence-corrected chi connectivity index (χ0v) is 35.0. The van der Waals surface area contributed by atoms with Crippen LogP contribution in [0.4, 0.5) is 5.69 Å². The lowest BCUT2D eigenvalue weighted by atomic mass is 9.85. The van der Waals surface area contributed by atoms with Crippen LogP contribution in [-0.4, -0.2) is 94.0 Å². The van der Waals surface area contributed by atoms with Crippen LogP contribution >= 0.6 is 11.3 Å². The first-order valence-electron chi connectivity index (χ1n) is 20.3. The SMILES string of the molecule is Cc1ncsc1-c1ccc(CNC(O)[C@@H]2C[C@@H](O)CN2C(=O)[C@@H](NC(=O)CCC2CCN(c3ccc(CO[C@H](C)[C@@H](N)CCC(N)=O)cc3)CC2)C(C)(C)C)cc1. The highest BCUT2D eigenvalue weighted by atomic mass is 32.1. The van der Waals surface area contributed by atoms with Crippen molar-refractivity contribution in [3.8, 4) is 10.4 Å². The molecule has 3 amide bonds. The van der Waals surface area contributed by atoms with Gasteiger partial charge < -0.3 is 41.5 Å². The summed E-state index contributed by atoms with van der Waals surface area (Å²) in [6.45, 7) is 12.4. The second-order valence-corrected chi connectivity index (χ2v) is 17.8. The lowest BCUT2D eigenvalue weighted by Crippen LogP contribution is -2.58. The third kappa shape index (κ3) is 12.5. The van der Waals surface area contributed by atoms with Crippen molar-refractivity contribution in [2.24, 2.45) is 22.8 Å². The highest BCUT2D eigenvalue weighted by Gasteiger charge is 2.44. The predicted molar refractivity (Wildman–Crippen MR) is 224 cm³/mol. The summed E-state index contributed by atoms with van der Waals surface area (Å²) >= 11 is 1.60. The van der Waals surface area contributed by atoms with Crippen LogP contribution in [0.1, 0.15) is 89.5 Å². The van der Waals surface area contributed by atoms with Crippen LogP contribution in [0.3, 0.4) is 0 Å². The molecule has 3 aromatic rings. The van der Waals surface area contributed by atoms with E-state index in [0.29, 0.717) is 31.9 Å². The number of nitrogens with zero attached hydrogens (tertiary/aromatic N) is 3. The van der Waals surface area contributed by atoms with E-state index in [1.54, 1.807) is 11.3 Å². The number of anilines is 1. The van der Waals surface area contributed by atoms with Crippen molar-refractivity contribution in [2.75, 3.05) is 24.5 Å². The summed E-state index contributed by atoms with van der Waals surface area (Å²) in [7, 11) is 0. The number of ether oxygens (including phenoxy) is 1. The van der Waals surface area contributed by atoms with E-state index >= 15 is 0 Å². The van der Waals surface area contributed by atoms with E-state index in [1.807, 2.05) is 64.4 Å². The Morgan fingerprint density at radius 2 is 1.70 bits per heavy atom. The Balaban J connectivity index is 1.06. The second kappa shape index (κ2) is 20.2. The van der Waals surface area contributed by atoms with Crippen molar-refractivity contribution in [1.82, 2.24) is 20.5 Å². The Hall–Kier alpha value is -3.92. The fourth-order valence-corrected chi connectivity index (χ4v) is 8.48.